The standard InChI is InChI=1S/C59H105NO4/c1-8-9-10-11-12-13-14-15-16-17-18-19-20-21-22-23-24-25-40-62-47-53(46-60-39-27-30-50(60)5)64-44-42-61-41-43-63-52-35-37-58(6)51(45-52)31-32-54-56-34-33-55(49(4)29-26-28-48(2)3)59(56,7)38-36-57(54)58/h12-13,15-16,31,48-50,52-57H,8-11,14,17-30,32-47H2,1-7H3/b13-12-,16-15-/t49-,50?,52+,53?,54+,55-,56+,57+,58+,59-/m1/s1. The second kappa shape index (κ2) is 29.8. The van der Waals surface area contributed by atoms with Crippen LogP contribution in [-0.4, -0.2) is 75.9 Å². The van der Waals surface area contributed by atoms with Crippen LogP contribution in [0.4, 0.5) is 0 Å². The molecule has 0 aromatic carbocycles. The van der Waals surface area contributed by atoms with E-state index in [2.05, 4.69) is 83.7 Å². The minimum atomic E-state index is 0.110. The van der Waals surface area contributed by atoms with E-state index in [1.54, 1.807) is 5.57 Å². The van der Waals surface area contributed by atoms with Gasteiger partial charge in [-0.15, -0.1) is 0 Å². The summed E-state index contributed by atoms with van der Waals surface area (Å²) in [6.45, 7) is 23.7. The second-order valence-electron chi connectivity index (χ2n) is 23.0. The number of ether oxygens (including phenoxy) is 4. The molecule has 370 valence electrons. The summed E-state index contributed by atoms with van der Waals surface area (Å²) in [5.74, 6) is 5.36. The molecule has 3 saturated carbocycles. The van der Waals surface area contributed by atoms with Crippen LogP contribution in [0.5, 0.6) is 0 Å². The van der Waals surface area contributed by atoms with E-state index in [0.717, 1.165) is 67.9 Å². The van der Waals surface area contributed by atoms with Crippen LogP contribution >= 0.6 is 0 Å². The maximum atomic E-state index is 6.53. The lowest BCUT2D eigenvalue weighted by Gasteiger charge is -2.58. The van der Waals surface area contributed by atoms with Crippen molar-refractivity contribution in [2.75, 3.05) is 52.7 Å². The minimum absolute atomic E-state index is 0.110. The molecule has 0 spiro atoms. The van der Waals surface area contributed by atoms with Crippen LogP contribution in [-0.2, 0) is 18.9 Å². The molecule has 5 aliphatic rings. The first-order valence-electron chi connectivity index (χ1n) is 28.3. The third-order valence-corrected chi connectivity index (χ3v) is 17.8. The predicted molar refractivity (Wildman–Crippen MR) is 273 cm³/mol. The van der Waals surface area contributed by atoms with Crippen molar-refractivity contribution in [2.45, 2.75) is 240 Å². The number of likely N-dealkylation sites (tertiary alicyclic amines) is 1. The SMILES string of the molecule is CCCCC/C=C\C/C=C\CCCCCCCCCCOCC(CN1CCCC1C)OCCOCCO[C@H]1CC[C@@]2(C)C(=CC[C@H]3[C@@H]4CC[C@H]([C@H](C)CCCC(C)C)[C@@]4(C)CC[C@@H]32)C1. The molecule has 4 aliphatic carbocycles. The van der Waals surface area contributed by atoms with Crippen LogP contribution in [0.15, 0.2) is 36.0 Å². The lowest BCUT2D eigenvalue weighted by Crippen LogP contribution is -2.51. The van der Waals surface area contributed by atoms with Gasteiger partial charge in [-0.3, -0.25) is 4.90 Å². The Kier molecular flexibility index (Phi) is 25.1. The number of unbranched alkanes of at least 4 members (excludes halogenated alkanes) is 11. The average Bonchev–Trinajstić information content (AvgIpc) is 3.86. The summed E-state index contributed by atoms with van der Waals surface area (Å²) in [7, 11) is 0. The highest BCUT2D eigenvalue weighted by Gasteiger charge is 2.59. The van der Waals surface area contributed by atoms with Crippen molar-refractivity contribution in [3.8, 4) is 0 Å². The molecule has 64 heavy (non-hydrogen) atoms. The van der Waals surface area contributed by atoms with Crippen molar-refractivity contribution in [1.82, 2.24) is 4.90 Å². The molecule has 4 fully saturated rings. The van der Waals surface area contributed by atoms with Gasteiger partial charge in [0.2, 0.25) is 0 Å². The smallest absolute Gasteiger partial charge is 0.0936 e. The van der Waals surface area contributed by atoms with Gasteiger partial charge in [0.1, 0.15) is 0 Å². The summed E-state index contributed by atoms with van der Waals surface area (Å²) in [6.07, 6.45) is 48.4. The number of allylic oxidation sites excluding steroid dienone is 5. The van der Waals surface area contributed by atoms with Gasteiger partial charge in [-0.1, -0.05) is 148 Å². The summed E-state index contributed by atoms with van der Waals surface area (Å²) in [5.41, 5.74) is 2.68. The summed E-state index contributed by atoms with van der Waals surface area (Å²) in [4.78, 5) is 2.59. The van der Waals surface area contributed by atoms with E-state index in [9.17, 15) is 0 Å². The third kappa shape index (κ3) is 17.2. The van der Waals surface area contributed by atoms with Gasteiger partial charge in [-0.2, -0.15) is 0 Å². The number of hydrogen-bond donors (Lipinski definition) is 0. The summed E-state index contributed by atoms with van der Waals surface area (Å²) in [6, 6.07) is 0.642. The van der Waals surface area contributed by atoms with Gasteiger partial charge in [-0.05, 0) is 163 Å². The topological polar surface area (TPSA) is 40.2 Å². The molecule has 0 radical (unpaired) electrons. The predicted octanol–water partition coefficient (Wildman–Crippen LogP) is 15.9. The Labute approximate surface area is 397 Å². The zero-order valence-corrected chi connectivity index (χ0v) is 43.4. The van der Waals surface area contributed by atoms with Crippen molar-refractivity contribution in [3.05, 3.63) is 36.0 Å². The monoisotopic (exact) mass is 892 g/mol. The minimum Gasteiger partial charge on any atom is -0.379 e. The summed E-state index contributed by atoms with van der Waals surface area (Å²) >= 11 is 0. The summed E-state index contributed by atoms with van der Waals surface area (Å²) < 4.78 is 25.3. The van der Waals surface area contributed by atoms with Crippen LogP contribution in [0.3, 0.4) is 0 Å². The van der Waals surface area contributed by atoms with Crippen LogP contribution < -0.4 is 0 Å². The van der Waals surface area contributed by atoms with Gasteiger partial charge >= 0.3 is 0 Å². The molecule has 0 bridgehead atoms. The highest BCUT2D eigenvalue weighted by Crippen LogP contribution is 2.67. The largest absolute Gasteiger partial charge is 0.379 e. The zero-order chi connectivity index (χ0) is 45.5. The number of nitrogens with zero attached hydrogens (tertiary/aromatic N) is 1. The van der Waals surface area contributed by atoms with Crippen molar-refractivity contribution in [1.29, 1.82) is 0 Å². The molecule has 1 heterocycles. The fourth-order valence-electron chi connectivity index (χ4n) is 13.9. The maximum Gasteiger partial charge on any atom is 0.0936 e. The first-order chi connectivity index (χ1) is 31.2. The van der Waals surface area contributed by atoms with E-state index in [0.29, 0.717) is 56.0 Å². The third-order valence-electron chi connectivity index (χ3n) is 17.8. The molecule has 1 saturated heterocycles. The lowest BCUT2D eigenvalue weighted by molar-refractivity contribution is -0.0736. The second-order valence-corrected chi connectivity index (χ2v) is 23.0. The average molecular weight is 892 g/mol. The zero-order valence-electron chi connectivity index (χ0n) is 43.4. The van der Waals surface area contributed by atoms with Crippen molar-refractivity contribution in [2.24, 2.45) is 46.3 Å². The van der Waals surface area contributed by atoms with Gasteiger partial charge in [-0.25, -0.2) is 0 Å². The van der Waals surface area contributed by atoms with Crippen molar-refractivity contribution in [3.63, 3.8) is 0 Å². The molecule has 0 aromatic heterocycles. The van der Waals surface area contributed by atoms with Gasteiger partial charge in [0, 0.05) is 19.2 Å². The Balaban J connectivity index is 0.896. The van der Waals surface area contributed by atoms with Gasteiger partial charge in [0.05, 0.1) is 45.2 Å². The highest BCUT2D eigenvalue weighted by molar-refractivity contribution is 5.25. The number of hydrogen-bond acceptors (Lipinski definition) is 5. The molecule has 5 rings (SSSR count). The van der Waals surface area contributed by atoms with Gasteiger partial charge in [0.15, 0.2) is 0 Å². The fourth-order valence-corrected chi connectivity index (χ4v) is 13.9. The van der Waals surface area contributed by atoms with E-state index in [4.69, 9.17) is 18.9 Å². The van der Waals surface area contributed by atoms with E-state index >= 15 is 0 Å². The highest BCUT2D eigenvalue weighted by atomic mass is 16.6. The molecule has 10 atom stereocenters. The maximum absolute atomic E-state index is 6.53. The first kappa shape index (κ1) is 54.0. The van der Waals surface area contributed by atoms with Gasteiger partial charge in [0.25, 0.3) is 0 Å². The molecular weight excluding hydrogens is 787 g/mol. The number of rotatable bonds is 34. The van der Waals surface area contributed by atoms with E-state index in [1.807, 2.05) is 0 Å². The molecule has 0 amide bonds. The lowest BCUT2D eigenvalue weighted by atomic mass is 9.47. The Morgan fingerprint density at radius 1 is 0.719 bits per heavy atom. The molecule has 2 unspecified atom stereocenters. The van der Waals surface area contributed by atoms with Crippen molar-refractivity contribution < 1.29 is 18.9 Å². The Hall–Kier alpha value is -0.980. The molecule has 0 aromatic rings. The summed E-state index contributed by atoms with van der Waals surface area (Å²) in [5, 5.41) is 0. The molecule has 0 N–H and O–H groups in total. The molecule has 5 heteroatoms. The van der Waals surface area contributed by atoms with Crippen LogP contribution in [0.2, 0.25) is 0 Å². The Morgan fingerprint density at radius 2 is 1.45 bits per heavy atom. The molecule has 1 aliphatic heterocycles. The van der Waals surface area contributed by atoms with E-state index in [1.165, 1.54) is 161 Å². The molecule has 5 nitrogen and oxygen atoms in total. The van der Waals surface area contributed by atoms with Gasteiger partial charge < -0.3 is 18.9 Å². The van der Waals surface area contributed by atoms with Crippen LogP contribution in [0.1, 0.15) is 222 Å². The fraction of sp³-hybridized carbons (Fsp3) is 0.898. The van der Waals surface area contributed by atoms with E-state index in [-0.39, 0.29) is 6.10 Å². The Bertz CT molecular complexity index is 1330. The first-order valence-corrected chi connectivity index (χ1v) is 28.3. The van der Waals surface area contributed by atoms with Crippen LogP contribution in [0, 0.1) is 46.3 Å². The Morgan fingerprint density at radius 3 is 2.19 bits per heavy atom. The quantitative estimate of drug-likeness (QED) is 0.0475. The normalized spacial score (nSPS) is 30.6. The molecular formula is C59H105NO4. The van der Waals surface area contributed by atoms with Crippen molar-refractivity contribution >= 4 is 0 Å². The number of fused-ring (bicyclic) bond motifs is 5. The van der Waals surface area contributed by atoms with Crippen LogP contribution in [0.25, 0.3) is 0 Å². The van der Waals surface area contributed by atoms with E-state index < -0.39 is 0 Å².